The van der Waals surface area contributed by atoms with E-state index in [1.807, 2.05) is 0 Å². The zero-order chi connectivity index (χ0) is 17.0. The van der Waals surface area contributed by atoms with Crippen molar-refractivity contribution in [1.82, 2.24) is 10.6 Å². The average molecular weight is 340 g/mol. The molecule has 4 N–H and O–H groups in total. The Bertz CT molecular complexity index is 635. The van der Waals surface area contributed by atoms with Crippen LogP contribution in [0.3, 0.4) is 0 Å². The minimum atomic E-state index is -0.885. The van der Waals surface area contributed by atoms with E-state index in [-0.39, 0.29) is 12.3 Å². The lowest BCUT2D eigenvalue weighted by atomic mass is 10.0. The number of ether oxygens (including phenoxy) is 1. The smallest absolute Gasteiger partial charge is 0.243 e. The predicted molar refractivity (Wildman–Crippen MR) is 84.0 cm³/mol. The van der Waals surface area contributed by atoms with Crippen molar-refractivity contribution in [2.45, 2.75) is 31.3 Å². The van der Waals surface area contributed by atoms with Gasteiger partial charge in [0.25, 0.3) is 0 Å². The van der Waals surface area contributed by atoms with Crippen LogP contribution in [0, 0.1) is 0 Å². The van der Waals surface area contributed by atoms with Gasteiger partial charge in [0.1, 0.15) is 17.8 Å². The first kappa shape index (κ1) is 17.1. The van der Waals surface area contributed by atoms with E-state index in [9.17, 15) is 14.4 Å². The molecule has 0 bridgehead atoms. The van der Waals surface area contributed by atoms with Crippen LogP contribution in [0.2, 0.25) is 5.02 Å². The molecule has 0 spiro atoms. The molecule has 0 unspecified atom stereocenters. The molecule has 1 aromatic rings. The molecule has 2 atom stereocenters. The van der Waals surface area contributed by atoms with E-state index in [1.165, 1.54) is 7.11 Å². The number of nitrogens with one attached hydrogen (secondary N) is 2. The summed E-state index contributed by atoms with van der Waals surface area (Å²) in [6.07, 6.45) is 0.906. The molecule has 1 aliphatic heterocycles. The molecule has 0 saturated carbocycles. The van der Waals surface area contributed by atoms with Crippen LogP contribution >= 0.6 is 11.6 Å². The van der Waals surface area contributed by atoms with Gasteiger partial charge >= 0.3 is 0 Å². The van der Waals surface area contributed by atoms with Gasteiger partial charge in [-0.1, -0.05) is 17.7 Å². The third-order valence-electron chi connectivity index (χ3n) is 3.63. The van der Waals surface area contributed by atoms with Gasteiger partial charge in [-0.2, -0.15) is 0 Å². The van der Waals surface area contributed by atoms with Crippen LogP contribution in [0.1, 0.15) is 18.4 Å². The van der Waals surface area contributed by atoms with E-state index in [0.717, 1.165) is 5.56 Å². The second-order valence-corrected chi connectivity index (χ2v) is 5.70. The van der Waals surface area contributed by atoms with E-state index in [4.69, 9.17) is 22.1 Å². The Morgan fingerprint density at radius 2 is 2.26 bits per heavy atom. The molecule has 7 nitrogen and oxygen atoms in total. The summed E-state index contributed by atoms with van der Waals surface area (Å²) in [4.78, 5) is 34.8. The van der Waals surface area contributed by atoms with Crippen LogP contribution < -0.4 is 21.1 Å². The standard InChI is InChI=1S/C15H18ClN3O4/c1-23-12-4-2-8(6-9(12)16)7-11(14(17)21)19-15(22)10-3-5-13(20)18-10/h2,4,6,10-11H,3,5,7H2,1H3,(H2,17,21)(H,18,20)(H,19,22)/t10-,11+/m0/s1. The monoisotopic (exact) mass is 339 g/mol. The van der Waals surface area contributed by atoms with Crippen LogP contribution in [0.4, 0.5) is 0 Å². The zero-order valence-electron chi connectivity index (χ0n) is 12.6. The summed E-state index contributed by atoms with van der Waals surface area (Å²) in [6.45, 7) is 0. The van der Waals surface area contributed by atoms with Crippen molar-refractivity contribution in [2.75, 3.05) is 7.11 Å². The van der Waals surface area contributed by atoms with Crippen LogP contribution in [-0.2, 0) is 20.8 Å². The number of hydrogen-bond donors (Lipinski definition) is 3. The summed E-state index contributed by atoms with van der Waals surface area (Å²) in [7, 11) is 1.50. The van der Waals surface area contributed by atoms with Crippen LogP contribution in [-0.4, -0.2) is 36.9 Å². The zero-order valence-corrected chi connectivity index (χ0v) is 13.4. The third-order valence-corrected chi connectivity index (χ3v) is 3.92. The molecule has 124 valence electrons. The molecule has 0 aromatic heterocycles. The Labute approximate surface area is 138 Å². The fraction of sp³-hybridized carbons (Fsp3) is 0.400. The fourth-order valence-electron chi connectivity index (χ4n) is 2.38. The van der Waals surface area contributed by atoms with Crippen molar-refractivity contribution in [3.05, 3.63) is 28.8 Å². The van der Waals surface area contributed by atoms with Crippen molar-refractivity contribution in [3.8, 4) is 5.75 Å². The van der Waals surface area contributed by atoms with Crippen LogP contribution in [0.5, 0.6) is 5.75 Å². The first-order valence-corrected chi connectivity index (χ1v) is 7.50. The highest BCUT2D eigenvalue weighted by atomic mass is 35.5. The molecule has 1 aliphatic rings. The van der Waals surface area contributed by atoms with Crippen molar-refractivity contribution in [1.29, 1.82) is 0 Å². The maximum Gasteiger partial charge on any atom is 0.243 e. The molecule has 0 aliphatic carbocycles. The number of carbonyl (C=O) groups is 3. The maximum atomic E-state index is 12.1. The minimum Gasteiger partial charge on any atom is -0.495 e. The molecule has 23 heavy (non-hydrogen) atoms. The topological polar surface area (TPSA) is 111 Å². The van der Waals surface area contributed by atoms with E-state index >= 15 is 0 Å². The van der Waals surface area contributed by atoms with E-state index in [0.29, 0.717) is 23.6 Å². The van der Waals surface area contributed by atoms with Gasteiger partial charge in [0.2, 0.25) is 17.7 Å². The highest BCUT2D eigenvalue weighted by Crippen LogP contribution is 2.25. The van der Waals surface area contributed by atoms with E-state index in [2.05, 4.69) is 10.6 Å². The molecule has 1 aromatic carbocycles. The number of benzene rings is 1. The molecule has 1 heterocycles. The van der Waals surface area contributed by atoms with E-state index < -0.39 is 23.9 Å². The minimum absolute atomic E-state index is 0.178. The summed E-state index contributed by atoms with van der Waals surface area (Å²) in [5.41, 5.74) is 6.09. The maximum absolute atomic E-state index is 12.1. The van der Waals surface area contributed by atoms with Gasteiger partial charge in [-0.05, 0) is 24.1 Å². The highest BCUT2D eigenvalue weighted by molar-refractivity contribution is 6.32. The Morgan fingerprint density at radius 3 is 2.78 bits per heavy atom. The number of methoxy groups -OCH3 is 1. The normalized spacial score (nSPS) is 18.2. The molecule has 1 fully saturated rings. The third kappa shape index (κ3) is 4.35. The second-order valence-electron chi connectivity index (χ2n) is 5.30. The Kier molecular flexibility index (Phi) is 5.44. The Morgan fingerprint density at radius 1 is 1.52 bits per heavy atom. The summed E-state index contributed by atoms with van der Waals surface area (Å²) < 4.78 is 5.06. The lowest BCUT2D eigenvalue weighted by Gasteiger charge is -2.18. The largest absolute Gasteiger partial charge is 0.495 e. The summed E-state index contributed by atoms with van der Waals surface area (Å²) in [6, 6.07) is 3.56. The molecule has 2 rings (SSSR count). The summed E-state index contributed by atoms with van der Waals surface area (Å²) in [5.74, 6) is -0.736. The van der Waals surface area contributed by atoms with Crippen molar-refractivity contribution >= 4 is 29.3 Å². The van der Waals surface area contributed by atoms with Gasteiger partial charge in [-0.15, -0.1) is 0 Å². The van der Waals surface area contributed by atoms with Crippen molar-refractivity contribution < 1.29 is 19.1 Å². The van der Waals surface area contributed by atoms with Crippen LogP contribution in [0.15, 0.2) is 18.2 Å². The lowest BCUT2D eigenvalue weighted by Crippen LogP contribution is -2.51. The molecular formula is C15H18ClN3O4. The number of nitrogens with two attached hydrogens (primary N) is 1. The molecular weight excluding hydrogens is 322 g/mol. The first-order chi connectivity index (χ1) is 10.9. The fourth-order valence-corrected chi connectivity index (χ4v) is 2.66. The van der Waals surface area contributed by atoms with Gasteiger partial charge < -0.3 is 21.1 Å². The number of amides is 3. The van der Waals surface area contributed by atoms with Crippen LogP contribution in [0.25, 0.3) is 0 Å². The SMILES string of the molecule is COc1ccc(C[C@@H](NC(=O)[C@@H]2CCC(=O)N2)C(N)=O)cc1Cl. The van der Waals surface area contributed by atoms with Gasteiger partial charge in [0, 0.05) is 12.8 Å². The number of rotatable bonds is 6. The van der Waals surface area contributed by atoms with Crippen molar-refractivity contribution in [2.24, 2.45) is 5.73 Å². The number of hydrogen-bond acceptors (Lipinski definition) is 4. The summed E-state index contributed by atoms with van der Waals surface area (Å²) in [5, 5.41) is 5.52. The van der Waals surface area contributed by atoms with Gasteiger partial charge in [-0.25, -0.2) is 0 Å². The second kappa shape index (κ2) is 7.32. The number of primary amides is 1. The molecule has 1 saturated heterocycles. The molecule has 8 heteroatoms. The number of halogens is 1. The Hall–Kier alpha value is -2.28. The van der Waals surface area contributed by atoms with Gasteiger partial charge in [-0.3, -0.25) is 14.4 Å². The molecule has 0 radical (unpaired) electrons. The van der Waals surface area contributed by atoms with Crippen molar-refractivity contribution in [3.63, 3.8) is 0 Å². The Balaban J connectivity index is 2.04. The predicted octanol–water partition coefficient (Wildman–Crippen LogP) is 0.140. The number of carbonyl (C=O) groups excluding carboxylic acids is 3. The van der Waals surface area contributed by atoms with E-state index in [1.54, 1.807) is 18.2 Å². The molecule has 3 amide bonds. The van der Waals surface area contributed by atoms with Gasteiger partial charge in [0.15, 0.2) is 0 Å². The summed E-state index contributed by atoms with van der Waals surface area (Å²) >= 11 is 6.04. The average Bonchev–Trinajstić information content (AvgIpc) is 2.93. The quantitative estimate of drug-likeness (QED) is 0.684. The lowest BCUT2D eigenvalue weighted by molar-refractivity contribution is -0.129. The highest BCUT2D eigenvalue weighted by Gasteiger charge is 2.29. The van der Waals surface area contributed by atoms with Gasteiger partial charge in [0.05, 0.1) is 12.1 Å². The first-order valence-electron chi connectivity index (χ1n) is 7.12.